The molecule has 1 aliphatic rings. The van der Waals surface area contributed by atoms with Crippen molar-refractivity contribution in [2.45, 2.75) is 26.2 Å². The molecule has 0 aliphatic carbocycles. The Kier molecular flexibility index (Phi) is 3.88. The van der Waals surface area contributed by atoms with Crippen LogP contribution < -0.4 is 10.2 Å². The van der Waals surface area contributed by atoms with Gasteiger partial charge in [0.25, 0.3) is 0 Å². The van der Waals surface area contributed by atoms with Gasteiger partial charge in [0.2, 0.25) is 11.9 Å². The minimum atomic E-state index is -0.199. The summed E-state index contributed by atoms with van der Waals surface area (Å²) in [6.45, 7) is 7.62. The van der Waals surface area contributed by atoms with Gasteiger partial charge in [0.1, 0.15) is 0 Å². The highest BCUT2D eigenvalue weighted by molar-refractivity contribution is 6.01. The molecule has 0 bridgehead atoms. The van der Waals surface area contributed by atoms with Crippen molar-refractivity contribution >= 4 is 28.6 Å². The Morgan fingerprint density at radius 2 is 2.05 bits per heavy atom. The summed E-state index contributed by atoms with van der Waals surface area (Å²) in [6, 6.07) is 3.95. The second-order valence-corrected chi connectivity index (χ2v) is 5.82. The van der Waals surface area contributed by atoms with Crippen molar-refractivity contribution in [3.05, 3.63) is 30.4 Å². The zero-order valence-corrected chi connectivity index (χ0v) is 13.2. The Balaban J connectivity index is 2.03. The van der Waals surface area contributed by atoms with Gasteiger partial charge in [0.05, 0.1) is 11.0 Å². The Bertz CT molecular complexity index is 726. The van der Waals surface area contributed by atoms with E-state index >= 15 is 0 Å². The second kappa shape index (κ2) is 5.83. The summed E-state index contributed by atoms with van der Waals surface area (Å²) in [6.07, 6.45) is 5.03. The first-order valence-corrected chi connectivity index (χ1v) is 7.76. The van der Waals surface area contributed by atoms with Crippen LogP contribution in [0.5, 0.6) is 0 Å². The van der Waals surface area contributed by atoms with Crippen LogP contribution in [0.25, 0.3) is 11.0 Å². The highest BCUT2D eigenvalue weighted by Crippen LogP contribution is 2.29. The number of fused-ring (bicyclic) bond motifs is 1. The number of piperidine rings is 1. The molecule has 3 rings (SSSR count). The van der Waals surface area contributed by atoms with Gasteiger partial charge >= 0.3 is 0 Å². The number of aryl methyl sites for hydroxylation is 2. The monoisotopic (exact) mass is 298 g/mol. The Morgan fingerprint density at radius 1 is 1.32 bits per heavy atom. The fraction of sp³-hybridized carbons (Fsp3) is 0.412. The number of imidazole rings is 1. The van der Waals surface area contributed by atoms with E-state index < -0.39 is 0 Å². The topological polar surface area (TPSA) is 50.2 Å². The molecule has 0 spiro atoms. The third kappa shape index (κ3) is 2.47. The van der Waals surface area contributed by atoms with E-state index in [0.717, 1.165) is 41.3 Å². The molecule has 5 heteroatoms. The minimum Gasteiger partial charge on any atom is -0.342 e. The molecular formula is C17H22N4O. The van der Waals surface area contributed by atoms with Gasteiger partial charge < -0.3 is 14.8 Å². The summed E-state index contributed by atoms with van der Waals surface area (Å²) < 4.78 is 2.15. The van der Waals surface area contributed by atoms with Crippen molar-refractivity contribution in [1.29, 1.82) is 0 Å². The molecule has 0 unspecified atom stereocenters. The lowest BCUT2D eigenvalue weighted by Crippen LogP contribution is -2.31. The molecule has 2 aromatic rings. The first-order valence-electron chi connectivity index (χ1n) is 7.76. The average Bonchev–Trinajstić information content (AvgIpc) is 2.88. The van der Waals surface area contributed by atoms with Crippen LogP contribution in [0.2, 0.25) is 0 Å². The molecule has 22 heavy (non-hydrogen) atoms. The highest BCUT2D eigenvalue weighted by atomic mass is 16.1. The molecule has 2 heterocycles. The maximum absolute atomic E-state index is 11.5. The summed E-state index contributed by atoms with van der Waals surface area (Å²) in [7, 11) is 2.06. The number of benzene rings is 1. The number of nitrogens with one attached hydrogen (secondary N) is 1. The first kappa shape index (κ1) is 14.6. The van der Waals surface area contributed by atoms with Crippen LogP contribution in [-0.4, -0.2) is 28.5 Å². The third-order valence-corrected chi connectivity index (χ3v) is 4.37. The van der Waals surface area contributed by atoms with Crippen molar-refractivity contribution in [3.63, 3.8) is 0 Å². The zero-order chi connectivity index (χ0) is 15.7. The van der Waals surface area contributed by atoms with E-state index in [1.54, 1.807) is 0 Å². The fourth-order valence-corrected chi connectivity index (χ4v) is 3.08. The number of carbonyl (C=O) groups excluding carboxylic acids is 1. The number of amides is 1. The van der Waals surface area contributed by atoms with E-state index in [-0.39, 0.29) is 5.91 Å². The van der Waals surface area contributed by atoms with Gasteiger partial charge in [-0.15, -0.1) is 0 Å². The molecule has 116 valence electrons. The van der Waals surface area contributed by atoms with Crippen LogP contribution in [0.3, 0.4) is 0 Å². The lowest BCUT2D eigenvalue weighted by Gasteiger charge is -2.27. The van der Waals surface area contributed by atoms with Crippen LogP contribution in [0.4, 0.5) is 11.6 Å². The van der Waals surface area contributed by atoms with Crippen LogP contribution in [0.15, 0.2) is 24.8 Å². The van der Waals surface area contributed by atoms with Crippen molar-refractivity contribution < 1.29 is 4.79 Å². The molecule has 1 aliphatic heterocycles. The molecule has 1 aromatic carbocycles. The fourth-order valence-electron chi connectivity index (χ4n) is 3.08. The molecule has 0 saturated carbocycles. The van der Waals surface area contributed by atoms with Crippen LogP contribution in [-0.2, 0) is 11.8 Å². The second-order valence-electron chi connectivity index (χ2n) is 5.82. The molecule has 0 atom stereocenters. The van der Waals surface area contributed by atoms with Gasteiger partial charge in [0, 0.05) is 31.4 Å². The number of hydrogen-bond acceptors (Lipinski definition) is 3. The molecule has 0 radical (unpaired) electrons. The molecule has 1 fully saturated rings. The SMILES string of the molecule is C=CC(=O)Nc1ccc2c(nc(N3CCCCC3)n2C)c1C. The summed E-state index contributed by atoms with van der Waals surface area (Å²) in [5.41, 5.74) is 3.83. The molecule has 5 nitrogen and oxygen atoms in total. The van der Waals surface area contributed by atoms with Crippen LogP contribution >= 0.6 is 0 Å². The van der Waals surface area contributed by atoms with Crippen LogP contribution in [0, 0.1) is 6.92 Å². The summed E-state index contributed by atoms with van der Waals surface area (Å²) in [5.74, 6) is 0.819. The summed E-state index contributed by atoms with van der Waals surface area (Å²) >= 11 is 0. The van der Waals surface area contributed by atoms with Gasteiger partial charge in [-0.3, -0.25) is 4.79 Å². The van der Waals surface area contributed by atoms with Gasteiger partial charge in [-0.25, -0.2) is 4.98 Å². The van der Waals surface area contributed by atoms with Crippen molar-refractivity contribution in [2.24, 2.45) is 7.05 Å². The summed E-state index contributed by atoms with van der Waals surface area (Å²) in [4.78, 5) is 18.7. The maximum atomic E-state index is 11.5. The minimum absolute atomic E-state index is 0.199. The van der Waals surface area contributed by atoms with Crippen LogP contribution in [0.1, 0.15) is 24.8 Å². The molecular weight excluding hydrogens is 276 g/mol. The molecule has 1 saturated heterocycles. The predicted octanol–water partition coefficient (Wildman–Crippen LogP) is 3.00. The normalized spacial score (nSPS) is 15.1. The van der Waals surface area contributed by atoms with Gasteiger partial charge in [-0.2, -0.15) is 0 Å². The number of aromatic nitrogens is 2. The number of hydrogen-bond donors (Lipinski definition) is 1. The standard InChI is InChI=1S/C17H22N4O/c1-4-15(22)18-13-8-9-14-16(12(13)2)19-17(20(14)3)21-10-6-5-7-11-21/h4,8-9H,1,5-7,10-11H2,2-3H3,(H,18,22). The van der Waals surface area contributed by atoms with E-state index in [2.05, 4.69) is 28.4 Å². The van der Waals surface area contributed by atoms with E-state index in [1.165, 1.54) is 25.3 Å². The van der Waals surface area contributed by atoms with Crippen molar-refractivity contribution in [2.75, 3.05) is 23.3 Å². The lowest BCUT2D eigenvalue weighted by molar-refractivity contribution is -0.111. The number of rotatable bonds is 3. The van der Waals surface area contributed by atoms with E-state index in [0.29, 0.717) is 0 Å². The summed E-state index contributed by atoms with van der Waals surface area (Å²) in [5, 5.41) is 2.84. The van der Waals surface area contributed by atoms with E-state index in [1.807, 2.05) is 19.1 Å². The molecule has 1 N–H and O–H groups in total. The highest BCUT2D eigenvalue weighted by Gasteiger charge is 2.19. The van der Waals surface area contributed by atoms with Crippen molar-refractivity contribution in [1.82, 2.24) is 9.55 Å². The number of nitrogens with zero attached hydrogens (tertiary/aromatic N) is 3. The van der Waals surface area contributed by atoms with Gasteiger partial charge in [-0.05, 0) is 44.4 Å². The Labute approximate surface area is 130 Å². The average molecular weight is 298 g/mol. The third-order valence-electron chi connectivity index (χ3n) is 4.37. The van der Waals surface area contributed by atoms with Crippen molar-refractivity contribution in [3.8, 4) is 0 Å². The largest absolute Gasteiger partial charge is 0.342 e. The van der Waals surface area contributed by atoms with Gasteiger partial charge in [0.15, 0.2) is 0 Å². The quantitative estimate of drug-likeness (QED) is 0.886. The number of carbonyl (C=O) groups is 1. The van der Waals surface area contributed by atoms with Gasteiger partial charge in [-0.1, -0.05) is 6.58 Å². The first-order chi connectivity index (χ1) is 10.6. The zero-order valence-electron chi connectivity index (χ0n) is 13.2. The smallest absolute Gasteiger partial charge is 0.247 e. The maximum Gasteiger partial charge on any atom is 0.247 e. The Morgan fingerprint density at radius 3 is 2.73 bits per heavy atom. The van der Waals surface area contributed by atoms with E-state index in [9.17, 15) is 4.79 Å². The van der Waals surface area contributed by atoms with E-state index in [4.69, 9.17) is 4.98 Å². The predicted molar refractivity (Wildman–Crippen MR) is 90.3 cm³/mol. The Hall–Kier alpha value is -2.30. The molecule has 1 aromatic heterocycles. The number of anilines is 2. The molecule has 1 amide bonds. The lowest BCUT2D eigenvalue weighted by atomic mass is 10.1.